The van der Waals surface area contributed by atoms with Gasteiger partial charge in [-0.1, -0.05) is 24.3 Å². The van der Waals surface area contributed by atoms with Gasteiger partial charge in [-0.2, -0.15) is 11.8 Å². The van der Waals surface area contributed by atoms with E-state index in [1.54, 1.807) is 0 Å². The number of para-hydroxylation sites is 1. The topological polar surface area (TPSA) is 48.1 Å². The first kappa shape index (κ1) is 20.0. The Kier molecular flexibility index (Phi) is 6.57. The van der Waals surface area contributed by atoms with E-state index in [0.717, 1.165) is 43.7 Å². The molecule has 0 radical (unpaired) electrons. The van der Waals surface area contributed by atoms with Gasteiger partial charge in [0.25, 0.3) is 0 Å². The molecule has 2 heterocycles. The maximum absolute atomic E-state index is 12.5. The van der Waals surface area contributed by atoms with Crippen molar-refractivity contribution < 1.29 is 4.79 Å². The van der Waals surface area contributed by atoms with Gasteiger partial charge in [-0.3, -0.25) is 9.69 Å². The van der Waals surface area contributed by atoms with E-state index in [-0.39, 0.29) is 5.91 Å². The van der Waals surface area contributed by atoms with Crippen LogP contribution in [0.1, 0.15) is 29.5 Å². The minimum Gasteiger partial charge on any atom is -0.361 e. The number of fused-ring (bicyclic) bond motifs is 2. The van der Waals surface area contributed by atoms with Crippen LogP contribution >= 0.6 is 11.8 Å². The maximum Gasteiger partial charge on any atom is 0.224 e. The summed E-state index contributed by atoms with van der Waals surface area (Å²) in [5.41, 5.74) is 6.01. The van der Waals surface area contributed by atoms with E-state index in [4.69, 9.17) is 0 Å². The number of benzene rings is 2. The van der Waals surface area contributed by atoms with Crippen LogP contribution in [0.3, 0.4) is 0 Å². The fourth-order valence-corrected chi connectivity index (χ4v) is 4.54. The Morgan fingerprint density at radius 1 is 1.21 bits per heavy atom. The molecule has 29 heavy (non-hydrogen) atoms. The van der Waals surface area contributed by atoms with Crippen molar-refractivity contribution in [2.75, 3.05) is 30.4 Å². The molecule has 1 aromatic heterocycles. The molecule has 0 fully saturated rings. The number of amides is 1. The quantitative estimate of drug-likeness (QED) is 0.525. The highest BCUT2D eigenvalue weighted by molar-refractivity contribution is 7.98. The number of aromatic amines is 1. The summed E-state index contributed by atoms with van der Waals surface area (Å²) in [5.74, 6) is 1.29. The highest BCUT2D eigenvalue weighted by Crippen LogP contribution is 2.24. The molecule has 0 saturated carbocycles. The molecule has 152 valence electrons. The van der Waals surface area contributed by atoms with Crippen molar-refractivity contribution in [3.8, 4) is 0 Å². The van der Waals surface area contributed by atoms with Crippen LogP contribution in [-0.2, 0) is 24.2 Å². The number of nitrogens with zero attached hydrogens (tertiary/aromatic N) is 1. The summed E-state index contributed by atoms with van der Waals surface area (Å²) in [6, 6.07) is 14.6. The van der Waals surface area contributed by atoms with Gasteiger partial charge in [0, 0.05) is 42.3 Å². The van der Waals surface area contributed by atoms with Gasteiger partial charge < -0.3 is 10.3 Å². The molecule has 5 heteroatoms. The van der Waals surface area contributed by atoms with E-state index in [0.29, 0.717) is 6.42 Å². The van der Waals surface area contributed by atoms with Crippen molar-refractivity contribution in [1.29, 1.82) is 0 Å². The molecule has 0 spiro atoms. The van der Waals surface area contributed by atoms with E-state index in [1.807, 2.05) is 36.2 Å². The number of hydrogen-bond acceptors (Lipinski definition) is 3. The lowest BCUT2D eigenvalue weighted by Gasteiger charge is -2.29. The van der Waals surface area contributed by atoms with E-state index in [9.17, 15) is 4.79 Å². The lowest BCUT2D eigenvalue weighted by Crippen LogP contribution is -2.31. The molecule has 4 rings (SSSR count). The van der Waals surface area contributed by atoms with Crippen molar-refractivity contribution in [1.82, 2.24) is 9.88 Å². The summed E-state index contributed by atoms with van der Waals surface area (Å²) in [6.45, 7) is 3.28. The molecular formula is C24H29N3OS. The van der Waals surface area contributed by atoms with Crippen LogP contribution in [0, 0.1) is 0 Å². The van der Waals surface area contributed by atoms with Gasteiger partial charge in [0.1, 0.15) is 0 Å². The van der Waals surface area contributed by atoms with E-state index < -0.39 is 0 Å². The zero-order chi connectivity index (χ0) is 20.1. The van der Waals surface area contributed by atoms with Crippen molar-refractivity contribution in [2.45, 2.75) is 32.2 Å². The second kappa shape index (κ2) is 9.51. The monoisotopic (exact) mass is 407 g/mol. The van der Waals surface area contributed by atoms with E-state index in [1.165, 1.54) is 34.3 Å². The highest BCUT2D eigenvalue weighted by Gasteiger charge is 2.16. The van der Waals surface area contributed by atoms with Crippen LogP contribution in [0.2, 0.25) is 0 Å². The number of nitrogens with one attached hydrogen (secondary N) is 2. The van der Waals surface area contributed by atoms with Crippen LogP contribution in [0.5, 0.6) is 0 Å². The van der Waals surface area contributed by atoms with Crippen molar-refractivity contribution in [3.05, 3.63) is 65.4 Å². The SMILES string of the molecule is CSCCCN1CCc2ccc(NC(=O)CCc3c[nH]c4ccccc34)cc2C1. The lowest BCUT2D eigenvalue weighted by atomic mass is 9.99. The third-order valence-electron chi connectivity index (χ3n) is 5.70. The number of aromatic nitrogens is 1. The fraction of sp³-hybridized carbons (Fsp3) is 0.375. The number of anilines is 1. The van der Waals surface area contributed by atoms with Gasteiger partial charge in [0.15, 0.2) is 0 Å². The number of rotatable bonds is 8. The molecule has 0 atom stereocenters. The average molecular weight is 408 g/mol. The van der Waals surface area contributed by atoms with Gasteiger partial charge >= 0.3 is 0 Å². The molecule has 1 amide bonds. The van der Waals surface area contributed by atoms with Crippen LogP contribution < -0.4 is 5.32 Å². The molecule has 0 aliphatic carbocycles. The van der Waals surface area contributed by atoms with Gasteiger partial charge in [-0.05, 0) is 72.7 Å². The molecule has 3 aromatic rings. The van der Waals surface area contributed by atoms with Crippen LogP contribution in [0.4, 0.5) is 5.69 Å². The summed E-state index contributed by atoms with van der Waals surface area (Å²) in [7, 11) is 0. The van der Waals surface area contributed by atoms with Gasteiger partial charge in [0.05, 0.1) is 0 Å². The van der Waals surface area contributed by atoms with E-state index >= 15 is 0 Å². The van der Waals surface area contributed by atoms with Crippen molar-refractivity contribution >= 4 is 34.3 Å². The molecule has 0 unspecified atom stereocenters. The number of aryl methyl sites for hydroxylation is 1. The number of carbonyl (C=O) groups is 1. The zero-order valence-corrected chi connectivity index (χ0v) is 17.9. The van der Waals surface area contributed by atoms with Crippen molar-refractivity contribution in [3.63, 3.8) is 0 Å². The average Bonchev–Trinajstić information content (AvgIpc) is 3.15. The number of hydrogen-bond donors (Lipinski definition) is 2. The lowest BCUT2D eigenvalue weighted by molar-refractivity contribution is -0.116. The number of carbonyl (C=O) groups excluding carboxylic acids is 1. The Balaban J connectivity index is 1.33. The zero-order valence-electron chi connectivity index (χ0n) is 17.0. The summed E-state index contributed by atoms with van der Waals surface area (Å²) >= 11 is 1.91. The van der Waals surface area contributed by atoms with Gasteiger partial charge in [0.2, 0.25) is 5.91 Å². The smallest absolute Gasteiger partial charge is 0.224 e. The molecular weight excluding hydrogens is 378 g/mol. The maximum atomic E-state index is 12.5. The van der Waals surface area contributed by atoms with Gasteiger partial charge in [-0.25, -0.2) is 0 Å². The standard InChI is InChI=1S/C24H29N3OS/c1-29-14-4-12-27-13-11-18-7-9-21(15-20(18)17-27)26-24(28)10-8-19-16-25-23-6-3-2-5-22(19)23/h2-3,5-7,9,15-16,25H,4,8,10-14,17H2,1H3,(H,26,28). The predicted molar refractivity (Wildman–Crippen MR) is 124 cm³/mol. The van der Waals surface area contributed by atoms with E-state index in [2.05, 4.69) is 45.7 Å². The van der Waals surface area contributed by atoms with Crippen LogP contribution in [0.25, 0.3) is 10.9 Å². The molecule has 0 saturated heterocycles. The summed E-state index contributed by atoms with van der Waals surface area (Å²) in [6.07, 6.45) is 7.75. The Bertz CT molecular complexity index is 981. The molecule has 4 nitrogen and oxygen atoms in total. The summed E-state index contributed by atoms with van der Waals surface area (Å²) in [5, 5.41) is 4.30. The normalized spacial score (nSPS) is 14.1. The van der Waals surface area contributed by atoms with Crippen molar-refractivity contribution in [2.24, 2.45) is 0 Å². The van der Waals surface area contributed by atoms with Crippen LogP contribution in [0.15, 0.2) is 48.7 Å². The first-order chi connectivity index (χ1) is 14.2. The molecule has 0 bridgehead atoms. The Labute approximate surface area is 177 Å². The first-order valence-electron chi connectivity index (χ1n) is 10.4. The third kappa shape index (κ3) is 5.03. The third-order valence-corrected chi connectivity index (χ3v) is 6.40. The number of thioether (sulfide) groups is 1. The summed E-state index contributed by atoms with van der Waals surface area (Å²) < 4.78 is 0. The highest BCUT2D eigenvalue weighted by atomic mass is 32.2. The number of H-pyrrole nitrogens is 1. The minimum absolute atomic E-state index is 0.0721. The Morgan fingerprint density at radius 3 is 3.00 bits per heavy atom. The molecule has 2 N–H and O–H groups in total. The second-order valence-corrected chi connectivity index (χ2v) is 8.75. The second-order valence-electron chi connectivity index (χ2n) is 7.76. The molecule has 1 aliphatic rings. The van der Waals surface area contributed by atoms with Crippen LogP contribution in [-0.4, -0.2) is 40.9 Å². The summed E-state index contributed by atoms with van der Waals surface area (Å²) in [4.78, 5) is 18.3. The molecule has 2 aromatic carbocycles. The predicted octanol–water partition coefficient (Wildman–Crippen LogP) is 4.85. The Morgan fingerprint density at radius 2 is 2.10 bits per heavy atom. The minimum atomic E-state index is 0.0721. The molecule has 1 aliphatic heterocycles. The Hall–Kier alpha value is -2.24. The van der Waals surface area contributed by atoms with Gasteiger partial charge in [-0.15, -0.1) is 0 Å². The largest absolute Gasteiger partial charge is 0.361 e. The fourth-order valence-electron chi connectivity index (χ4n) is 4.13. The first-order valence-corrected chi connectivity index (χ1v) is 11.8.